The van der Waals surface area contributed by atoms with Gasteiger partial charge in [-0.05, 0) is 44.2 Å². The molecule has 1 aliphatic heterocycles. The van der Waals surface area contributed by atoms with Crippen molar-refractivity contribution >= 4 is 5.91 Å². The average molecular weight is 276 g/mol. The lowest BCUT2D eigenvalue weighted by atomic mass is 10.0. The van der Waals surface area contributed by atoms with Crippen LogP contribution >= 0.6 is 0 Å². The van der Waals surface area contributed by atoms with Gasteiger partial charge in [0.1, 0.15) is 5.82 Å². The molecule has 1 aromatic carbocycles. The van der Waals surface area contributed by atoms with Crippen LogP contribution in [0.2, 0.25) is 0 Å². The predicted molar refractivity (Wildman–Crippen MR) is 76.2 cm³/mol. The number of halogens is 1. The van der Waals surface area contributed by atoms with E-state index >= 15 is 0 Å². The summed E-state index contributed by atoms with van der Waals surface area (Å²) in [7, 11) is 0. The second kappa shape index (κ2) is 5.52. The Kier molecular flexibility index (Phi) is 3.74. The summed E-state index contributed by atoms with van der Waals surface area (Å²) in [4.78, 5) is 14.7. The molecule has 0 atom stereocenters. The second-order valence-corrected chi connectivity index (χ2v) is 5.95. The van der Waals surface area contributed by atoms with E-state index in [0.29, 0.717) is 5.56 Å². The predicted octanol–water partition coefficient (Wildman–Crippen LogP) is 2.49. The first-order valence-corrected chi connectivity index (χ1v) is 7.45. The molecule has 3 rings (SSSR count). The first kappa shape index (κ1) is 13.6. The molecule has 1 N–H and O–H groups in total. The molecule has 108 valence electrons. The van der Waals surface area contributed by atoms with Crippen LogP contribution in [-0.4, -0.2) is 36.0 Å². The lowest BCUT2D eigenvalue weighted by molar-refractivity contribution is 0.0905. The minimum Gasteiger partial charge on any atom is -0.349 e. The fourth-order valence-electron chi connectivity index (χ4n) is 2.93. The first-order chi connectivity index (χ1) is 9.65. The summed E-state index contributed by atoms with van der Waals surface area (Å²) in [5.41, 5.74) is 0.677. The van der Waals surface area contributed by atoms with Crippen molar-refractivity contribution in [2.45, 2.75) is 44.7 Å². The van der Waals surface area contributed by atoms with Crippen LogP contribution in [0.15, 0.2) is 18.2 Å². The molecular formula is C16H21FN2O. The van der Waals surface area contributed by atoms with Gasteiger partial charge in [0.2, 0.25) is 0 Å². The number of likely N-dealkylation sites (tertiary alicyclic amines) is 1. The van der Waals surface area contributed by atoms with Crippen LogP contribution in [-0.2, 0) is 0 Å². The Morgan fingerprint density at radius 2 is 1.95 bits per heavy atom. The molecule has 20 heavy (non-hydrogen) atoms. The summed E-state index contributed by atoms with van der Waals surface area (Å²) in [5.74, 6) is -0.684. The number of piperidine rings is 1. The van der Waals surface area contributed by atoms with Crippen LogP contribution in [0.3, 0.4) is 0 Å². The Morgan fingerprint density at radius 3 is 2.60 bits per heavy atom. The van der Waals surface area contributed by atoms with Gasteiger partial charge in [0.15, 0.2) is 0 Å². The standard InChI is InChI=1S/C16H21FN2O/c1-11-3-2-4-14(15(11)17)16(20)18-12-7-9-19(10-8-12)13-5-6-13/h2-4,12-13H,5-10H2,1H3,(H,18,20). The quantitative estimate of drug-likeness (QED) is 0.920. The Balaban J connectivity index is 1.57. The van der Waals surface area contributed by atoms with E-state index in [1.165, 1.54) is 12.8 Å². The number of rotatable bonds is 3. The van der Waals surface area contributed by atoms with Crippen molar-refractivity contribution in [3.8, 4) is 0 Å². The van der Waals surface area contributed by atoms with Gasteiger partial charge in [-0.15, -0.1) is 0 Å². The number of benzene rings is 1. The third-order valence-corrected chi connectivity index (χ3v) is 4.36. The largest absolute Gasteiger partial charge is 0.349 e. The second-order valence-electron chi connectivity index (χ2n) is 5.95. The number of nitrogens with zero attached hydrogens (tertiary/aromatic N) is 1. The third kappa shape index (κ3) is 2.85. The van der Waals surface area contributed by atoms with Gasteiger partial charge in [-0.1, -0.05) is 12.1 Å². The Bertz CT molecular complexity index is 505. The van der Waals surface area contributed by atoms with E-state index in [0.717, 1.165) is 32.0 Å². The molecule has 1 saturated carbocycles. The van der Waals surface area contributed by atoms with E-state index in [9.17, 15) is 9.18 Å². The van der Waals surface area contributed by atoms with Crippen LogP contribution in [0.4, 0.5) is 4.39 Å². The molecule has 0 bridgehead atoms. The van der Waals surface area contributed by atoms with Gasteiger partial charge in [0.05, 0.1) is 5.56 Å². The number of nitrogens with one attached hydrogen (secondary N) is 1. The highest BCUT2D eigenvalue weighted by Gasteiger charge is 2.32. The molecular weight excluding hydrogens is 255 g/mol. The normalized spacial score (nSPS) is 20.9. The van der Waals surface area contributed by atoms with Gasteiger partial charge in [-0.3, -0.25) is 4.79 Å². The van der Waals surface area contributed by atoms with E-state index < -0.39 is 5.82 Å². The maximum absolute atomic E-state index is 13.9. The van der Waals surface area contributed by atoms with Gasteiger partial charge in [0, 0.05) is 25.2 Å². The summed E-state index contributed by atoms with van der Waals surface area (Å²) in [6, 6.07) is 5.93. The van der Waals surface area contributed by atoms with Crippen LogP contribution in [0.5, 0.6) is 0 Å². The highest BCUT2D eigenvalue weighted by atomic mass is 19.1. The Hall–Kier alpha value is -1.42. The summed E-state index contributed by atoms with van der Waals surface area (Å²) in [5, 5.41) is 2.98. The Morgan fingerprint density at radius 1 is 1.25 bits per heavy atom. The average Bonchev–Trinajstić information content (AvgIpc) is 3.27. The number of aryl methyl sites for hydroxylation is 1. The summed E-state index contributed by atoms with van der Waals surface area (Å²) >= 11 is 0. The van der Waals surface area contributed by atoms with Crippen molar-refractivity contribution in [3.63, 3.8) is 0 Å². The van der Waals surface area contributed by atoms with Crippen molar-refractivity contribution in [1.29, 1.82) is 0 Å². The topological polar surface area (TPSA) is 32.3 Å². The molecule has 0 radical (unpaired) electrons. The molecule has 0 spiro atoms. The van der Waals surface area contributed by atoms with Crippen molar-refractivity contribution in [1.82, 2.24) is 10.2 Å². The smallest absolute Gasteiger partial charge is 0.254 e. The zero-order valence-electron chi connectivity index (χ0n) is 11.9. The van der Waals surface area contributed by atoms with Crippen molar-refractivity contribution < 1.29 is 9.18 Å². The van der Waals surface area contributed by atoms with E-state index in [4.69, 9.17) is 0 Å². The number of carbonyl (C=O) groups excluding carboxylic acids is 1. The number of hydrogen-bond donors (Lipinski definition) is 1. The number of carbonyl (C=O) groups is 1. The highest BCUT2D eigenvalue weighted by Crippen LogP contribution is 2.29. The van der Waals surface area contributed by atoms with E-state index in [-0.39, 0.29) is 17.5 Å². The lowest BCUT2D eigenvalue weighted by Gasteiger charge is -2.32. The van der Waals surface area contributed by atoms with Gasteiger partial charge < -0.3 is 10.2 Å². The maximum atomic E-state index is 13.9. The van der Waals surface area contributed by atoms with Gasteiger partial charge in [-0.25, -0.2) is 4.39 Å². The molecule has 1 aliphatic carbocycles. The van der Waals surface area contributed by atoms with Gasteiger partial charge in [0.25, 0.3) is 5.91 Å². The highest BCUT2D eigenvalue weighted by molar-refractivity contribution is 5.94. The SMILES string of the molecule is Cc1cccc(C(=O)NC2CCN(C3CC3)CC2)c1F. The molecule has 4 heteroatoms. The van der Waals surface area contributed by atoms with Crippen LogP contribution in [0.1, 0.15) is 41.6 Å². The fourth-order valence-corrected chi connectivity index (χ4v) is 2.93. The van der Waals surface area contributed by atoms with E-state index in [1.807, 2.05) is 0 Å². The lowest BCUT2D eigenvalue weighted by Crippen LogP contribution is -2.45. The zero-order valence-corrected chi connectivity index (χ0v) is 11.9. The molecule has 3 nitrogen and oxygen atoms in total. The van der Waals surface area contributed by atoms with Gasteiger partial charge in [-0.2, -0.15) is 0 Å². The van der Waals surface area contributed by atoms with Crippen molar-refractivity contribution in [2.24, 2.45) is 0 Å². The molecule has 1 amide bonds. The summed E-state index contributed by atoms with van der Waals surface area (Å²) in [6.07, 6.45) is 4.59. The van der Waals surface area contributed by atoms with E-state index in [2.05, 4.69) is 10.2 Å². The minimum atomic E-state index is -0.402. The number of amides is 1. The minimum absolute atomic E-state index is 0.162. The molecule has 1 heterocycles. The molecule has 1 saturated heterocycles. The van der Waals surface area contributed by atoms with Crippen LogP contribution < -0.4 is 5.32 Å². The molecule has 0 aromatic heterocycles. The summed E-state index contributed by atoms with van der Waals surface area (Å²) in [6.45, 7) is 3.78. The van der Waals surface area contributed by atoms with Crippen molar-refractivity contribution in [3.05, 3.63) is 35.1 Å². The van der Waals surface area contributed by atoms with Gasteiger partial charge >= 0.3 is 0 Å². The Labute approximate surface area is 119 Å². The van der Waals surface area contributed by atoms with E-state index in [1.54, 1.807) is 25.1 Å². The molecule has 1 aromatic rings. The molecule has 0 unspecified atom stereocenters. The fraction of sp³-hybridized carbons (Fsp3) is 0.562. The maximum Gasteiger partial charge on any atom is 0.254 e. The van der Waals surface area contributed by atoms with Crippen molar-refractivity contribution in [2.75, 3.05) is 13.1 Å². The molecule has 2 fully saturated rings. The third-order valence-electron chi connectivity index (χ3n) is 4.36. The number of hydrogen-bond acceptors (Lipinski definition) is 2. The first-order valence-electron chi connectivity index (χ1n) is 7.45. The monoisotopic (exact) mass is 276 g/mol. The van der Waals surface area contributed by atoms with Crippen LogP contribution in [0.25, 0.3) is 0 Å². The zero-order chi connectivity index (χ0) is 14.1. The van der Waals surface area contributed by atoms with Crippen LogP contribution in [0, 0.1) is 12.7 Å². The molecule has 2 aliphatic rings. The summed E-state index contributed by atoms with van der Waals surface area (Å²) < 4.78 is 13.9.